The second-order valence-electron chi connectivity index (χ2n) is 7.20. The summed E-state index contributed by atoms with van der Waals surface area (Å²) in [5, 5.41) is 0. The van der Waals surface area contributed by atoms with Gasteiger partial charge in [-0.05, 0) is 53.0 Å². The molecular formula is C24H30. The van der Waals surface area contributed by atoms with E-state index in [2.05, 4.69) is 74.5 Å². The molecule has 1 aliphatic rings. The smallest absolute Gasteiger partial charge is 0.0119 e. The molecule has 0 heteroatoms. The third kappa shape index (κ3) is 3.98. The van der Waals surface area contributed by atoms with E-state index in [0.29, 0.717) is 5.92 Å². The molecule has 0 N–H and O–H groups in total. The van der Waals surface area contributed by atoms with Crippen LogP contribution in [0.25, 0.3) is 17.2 Å². The summed E-state index contributed by atoms with van der Waals surface area (Å²) in [4.78, 5) is 0. The molecule has 24 heavy (non-hydrogen) atoms. The molecule has 0 aromatic heterocycles. The summed E-state index contributed by atoms with van der Waals surface area (Å²) in [5.41, 5.74) is 5.63. The van der Waals surface area contributed by atoms with E-state index in [1.54, 1.807) is 5.56 Å². The molecule has 0 aliphatic heterocycles. The Morgan fingerprint density at radius 2 is 1.83 bits per heavy atom. The van der Waals surface area contributed by atoms with Crippen molar-refractivity contribution in [1.29, 1.82) is 0 Å². The Kier molecular flexibility index (Phi) is 5.91. The molecule has 2 atom stereocenters. The lowest BCUT2D eigenvalue weighted by Crippen LogP contribution is -2.10. The Morgan fingerprint density at radius 3 is 2.58 bits per heavy atom. The van der Waals surface area contributed by atoms with E-state index in [1.807, 2.05) is 0 Å². The second kappa shape index (κ2) is 8.33. The van der Waals surface area contributed by atoms with E-state index >= 15 is 0 Å². The van der Waals surface area contributed by atoms with Gasteiger partial charge >= 0.3 is 0 Å². The van der Waals surface area contributed by atoms with Crippen LogP contribution in [0.3, 0.4) is 0 Å². The maximum Gasteiger partial charge on any atom is -0.0119 e. The highest BCUT2D eigenvalue weighted by atomic mass is 14.3. The number of rotatable bonds is 7. The van der Waals surface area contributed by atoms with Gasteiger partial charge < -0.3 is 0 Å². The van der Waals surface area contributed by atoms with Crippen LogP contribution >= 0.6 is 0 Å². The summed E-state index contributed by atoms with van der Waals surface area (Å²) in [6.07, 6.45) is 12.7. The van der Waals surface area contributed by atoms with Gasteiger partial charge in [0.1, 0.15) is 0 Å². The van der Waals surface area contributed by atoms with Crippen LogP contribution in [0.5, 0.6) is 0 Å². The van der Waals surface area contributed by atoms with Gasteiger partial charge in [0.2, 0.25) is 0 Å². The predicted molar refractivity (Wildman–Crippen MR) is 106 cm³/mol. The summed E-state index contributed by atoms with van der Waals surface area (Å²) < 4.78 is 0. The fraction of sp³-hybridized carbons (Fsp3) is 0.417. The molecule has 1 aliphatic carbocycles. The summed E-state index contributed by atoms with van der Waals surface area (Å²) >= 11 is 0. The van der Waals surface area contributed by atoms with Gasteiger partial charge in [-0.25, -0.2) is 0 Å². The zero-order chi connectivity index (χ0) is 16.8. The van der Waals surface area contributed by atoms with Crippen molar-refractivity contribution in [3.05, 3.63) is 65.7 Å². The zero-order valence-electron chi connectivity index (χ0n) is 15.2. The summed E-state index contributed by atoms with van der Waals surface area (Å²) in [7, 11) is 0. The van der Waals surface area contributed by atoms with Gasteiger partial charge in [-0.1, -0.05) is 94.1 Å². The monoisotopic (exact) mass is 318 g/mol. The first-order chi connectivity index (χ1) is 11.8. The molecule has 0 bridgehead atoms. The van der Waals surface area contributed by atoms with Crippen LogP contribution in [-0.4, -0.2) is 0 Å². The highest BCUT2D eigenvalue weighted by molar-refractivity contribution is 5.70. The lowest BCUT2D eigenvalue weighted by molar-refractivity contribution is 0.384. The quantitative estimate of drug-likeness (QED) is 0.497. The molecule has 0 heterocycles. The first-order valence-electron chi connectivity index (χ1n) is 9.67. The fourth-order valence-electron chi connectivity index (χ4n) is 3.99. The van der Waals surface area contributed by atoms with Gasteiger partial charge in [-0.15, -0.1) is 0 Å². The van der Waals surface area contributed by atoms with E-state index in [9.17, 15) is 0 Å². The lowest BCUT2D eigenvalue weighted by atomic mass is 9.78. The van der Waals surface area contributed by atoms with Crippen molar-refractivity contribution in [2.75, 3.05) is 0 Å². The minimum Gasteiger partial charge on any atom is -0.0833 e. The third-order valence-electron chi connectivity index (χ3n) is 5.51. The molecule has 0 amide bonds. The van der Waals surface area contributed by atoms with Gasteiger partial charge in [0, 0.05) is 0 Å². The summed E-state index contributed by atoms with van der Waals surface area (Å²) in [5.74, 6) is 1.58. The molecule has 0 saturated heterocycles. The predicted octanol–water partition coefficient (Wildman–Crippen LogP) is 7.46. The Balaban J connectivity index is 1.80. The van der Waals surface area contributed by atoms with Gasteiger partial charge in [0.15, 0.2) is 0 Å². The van der Waals surface area contributed by atoms with Crippen LogP contribution in [0.4, 0.5) is 0 Å². The van der Waals surface area contributed by atoms with Crippen molar-refractivity contribution >= 4 is 6.08 Å². The number of hydrogen-bond donors (Lipinski definition) is 0. The summed E-state index contributed by atoms with van der Waals surface area (Å²) in [6.45, 7) is 4.66. The van der Waals surface area contributed by atoms with E-state index in [0.717, 1.165) is 5.92 Å². The Morgan fingerprint density at radius 1 is 1.00 bits per heavy atom. The van der Waals surface area contributed by atoms with Gasteiger partial charge in [-0.3, -0.25) is 0 Å². The van der Waals surface area contributed by atoms with E-state index in [4.69, 9.17) is 0 Å². The first-order valence-corrected chi connectivity index (χ1v) is 9.67. The van der Waals surface area contributed by atoms with Crippen molar-refractivity contribution < 1.29 is 0 Å². The molecule has 0 fully saturated rings. The van der Waals surface area contributed by atoms with Crippen LogP contribution in [0.2, 0.25) is 0 Å². The molecule has 126 valence electrons. The van der Waals surface area contributed by atoms with Gasteiger partial charge in [0.25, 0.3) is 0 Å². The number of allylic oxidation sites excluding steroid dienone is 1. The minimum atomic E-state index is 0.705. The molecule has 0 spiro atoms. The van der Waals surface area contributed by atoms with Crippen molar-refractivity contribution in [2.24, 2.45) is 5.92 Å². The van der Waals surface area contributed by atoms with Crippen LogP contribution in [-0.2, 0) is 0 Å². The van der Waals surface area contributed by atoms with Crippen molar-refractivity contribution in [1.82, 2.24) is 0 Å². The number of unbranched alkanes of at least 4 members (excludes halogenated alkanes) is 1. The molecule has 2 aromatic rings. The maximum atomic E-state index is 2.39. The normalized spacial score (nSPS) is 17.5. The minimum absolute atomic E-state index is 0.705. The number of hydrogen-bond acceptors (Lipinski definition) is 0. The topological polar surface area (TPSA) is 0 Å². The van der Waals surface area contributed by atoms with Crippen LogP contribution in [0.1, 0.15) is 69.4 Å². The van der Waals surface area contributed by atoms with Crippen LogP contribution in [0, 0.1) is 5.92 Å². The molecule has 0 radical (unpaired) electrons. The molecule has 0 saturated carbocycles. The highest BCUT2D eigenvalue weighted by Gasteiger charge is 2.20. The van der Waals surface area contributed by atoms with Gasteiger partial charge in [0.05, 0.1) is 0 Å². The number of fused-ring (bicyclic) bond motifs is 1. The molecule has 3 rings (SSSR count). The maximum absolute atomic E-state index is 2.39. The van der Waals surface area contributed by atoms with Crippen molar-refractivity contribution in [2.45, 2.75) is 58.3 Å². The Labute approximate surface area is 147 Å². The van der Waals surface area contributed by atoms with Gasteiger partial charge in [-0.2, -0.15) is 0 Å². The largest absolute Gasteiger partial charge is 0.0833 e. The molecule has 0 nitrogen and oxygen atoms in total. The highest BCUT2D eigenvalue weighted by Crippen LogP contribution is 2.38. The average molecular weight is 319 g/mol. The Bertz CT molecular complexity index is 666. The Hall–Kier alpha value is -1.82. The van der Waals surface area contributed by atoms with E-state index in [1.165, 1.54) is 55.2 Å². The molecule has 2 aromatic carbocycles. The standard InChI is InChI=1S/C24H30/c1-3-5-10-19(4-2)17-22-13-9-14-23-18-21(15-16-24(22)23)20-11-7-6-8-12-20/h6-9,11-12,14-16,18-19,22H,3-5,10,13,17H2,1-2H3. The van der Waals surface area contributed by atoms with Crippen LogP contribution < -0.4 is 0 Å². The number of benzene rings is 2. The van der Waals surface area contributed by atoms with E-state index in [-0.39, 0.29) is 0 Å². The zero-order valence-corrected chi connectivity index (χ0v) is 15.2. The van der Waals surface area contributed by atoms with E-state index < -0.39 is 0 Å². The van der Waals surface area contributed by atoms with Crippen LogP contribution in [0.15, 0.2) is 54.6 Å². The third-order valence-corrected chi connectivity index (χ3v) is 5.51. The van der Waals surface area contributed by atoms with Crippen molar-refractivity contribution in [3.63, 3.8) is 0 Å². The van der Waals surface area contributed by atoms with Crippen molar-refractivity contribution in [3.8, 4) is 11.1 Å². The SMILES string of the molecule is CCCCC(CC)CC1CC=Cc2cc(-c3ccccc3)ccc21. The summed E-state index contributed by atoms with van der Waals surface area (Å²) in [6, 6.07) is 17.8. The second-order valence-corrected chi connectivity index (χ2v) is 7.20. The molecular weight excluding hydrogens is 288 g/mol. The lowest BCUT2D eigenvalue weighted by Gasteiger charge is -2.26. The first kappa shape index (κ1) is 17.0. The molecule has 2 unspecified atom stereocenters. The fourth-order valence-corrected chi connectivity index (χ4v) is 3.99. The average Bonchev–Trinajstić information content (AvgIpc) is 2.65.